The van der Waals surface area contributed by atoms with Crippen molar-refractivity contribution in [2.75, 3.05) is 11.5 Å². The van der Waals surface area contributed by atoms with Gasteiger partial charge in [0.1, 0.15) is 22.7 Å². The molecule has 262 valence electrons. The normalized spacial score (nSPS) is 11.8. The Morgan fingerprint density at radius 3 is 1.19 bits per heavy atom. The number of nitrogens with two attached hydrogens (primary N) is 2. The van der Waals surface area contributed by atoms with Crippen molar-refractivity contribution in [3.8, 4) is 0 Å². The number of imidazole rings is 2. The highest BCUT2D eigenvalue weighted by Crippen LogP contribution is 2.32. The quantitative estimate of drug-likeness (QED) is 0.104. The molecule has 0 atom stereocenters. The molecule has 0 radical (unpaired) electrons. The molecule has 4 N–H and O–H groups in total. The van der Waals surface area contributed by atoms with Gasteiger partial charge in [-0.15, -0.1) is 0 Å². The molecule has 52 heavy (non-hydrogen) atoms. The van der Waals surface area contributed by atoms with E-state index in [9.17, 15) is 0 Å². The average Bonchev–Trinajstić information content (AvgIpc) is 3.72. The van der Waals surface area contributed by atoms with Gasteiger partial charge >= 0.3 is 0 Å². The molecule has 0 unspecified atom stereocenters. The first kappa shape index (κ1) is 33.4. The van der Waals surface area contributed by atoms with Gasteiger partial charge in [-0.2, -0.15) is 0 Å². The lowest BCUT2D eigenvalue weighted by Crippen LogP contribution is -2.06. The van der Waals surface area contributed by atoms with Crippen molar-refractivity contribution in [2.24, 2.45) is 0 Å². The molecule has 0 aliphatic heterocycles. The molecule has 0 aliphatic rings. The summed E-state index contributed by atoms with van der Waals surface area (Å²) in [5.74, 6) is 3.19. The lowest BCUT2D eigenvalue weighted by Gasteiger charge is -2.11. The fourth-order valence-corrected chi connectivity index (χ4v) is 7.69. The number of aromatic nitrogens is 6. The number of hydrogen-bond acceptors (Lipinski definition) is 6. The Bertz CT molecular complexity index is 2270. The third-order valence-corrected chi connectivity index (χ3v) is 10.3. The fourth-order valence-electron chi connectivity index (χ4n) is 7.69. The Labute approximate surface area is 304 Å². The largest absolute Gasteiger partial charge is 0.382 e. The Morgan fingerprint density at radius 1 is 0.404 bits per heavy atom. The maximum Gasteiger partial charge on any atom is 0.152 e. The molecule has 0 fully saturated rings. The highest BCUT2D eigenvalue weighted by atomic mass is 15.1. The molecular weight excluding hydrogens is 641 g/mol. The third-order valence-electron chi connectivity index (χ3n) is 10.3. The van der Waals surface area contributed by atoms with Crippen molar-refractivity contribution in [1.82, 2.24) is 29.1 Å². The van der Waals surface area contributed by atoms with E-state index in [0.717, 1.165) is 94.3 Å². The van der Waals surface area contributed by atoms with E-state index < -0.39 is 0 Å². The van der Waals surface area contributed by atoms with Gasteiger partial charge in [-0.1, -0.05) is 136 Å². The highest BCUT2D eigenvalue weighted by molar-refractivity contribution is 6.07. The van der Waals surface area contributed by atoms with Crippen LogP contribution in [0.5, 0.6) is 0 Å². The number of benzene rings is 4. The van der Waals surface area contributed by atoms with E-state index in [-0.39, 0.29) is 0 Å². The molecule has 4 aromatic heterocycles. The molecule has 0 spiro atoms. The Kier molecular flexibility index (Phi) is 9.78. The molecule has 4 heterocycles. The summed E-state index contributed by atoms with van der Waals surface area (Å²) in [4.78, 5) is 19.5. The maximum atomic E-state index is 6.46. The minimum absolute atomic E-state index is 0.504. The van der Waals surface area contributed by atoms with E-state index in [4.69, 9.17) is 21.4 Å². The van der Waals surface area contributed by atoms with Gasteiger partial charge in [-0.05, 0) is 36.1 Å². The number of fused-ring (bicyclic) bond motifs is 6. The molecule has 8 rings (SSSR count). The Morgan fingerprint density at radius 2 is 0.769 bits per heavy atom. The second-order valence-corrected chi connectivity index (χ2v) is 14.0. The summed E-state index contributed by atoms with van der Waals surface area (Å²) in [5.41, 5.74) is 21.1. The molecule has 0 bridgehead atoms. The number of aryl methyl sites for hydroxylation is 2. The van der Waals surface area contributed by atoms with Crippen LogP contribution in [0.15, 0.2) is 109 Å². The van der Waals surface area contributed by atoms with Crippen molar-refractivity contribution in [1.29, 1.82) is 0 Å². The zero-order chi connectivity index (χ0) is 35.3. The van der Waals surface area contributed by atoms with Crippen LogP contribution in [0.2, 0.25) is 0 Å². The minimum atomic E-state index is 0.504. The zero-order valence-corrected chi connectivity index (χ0v) is 29.7. The Balaban J connectivity index is 0.863. The standard InChI is InChI=1S/C44H46N8/c45-43-39-41(33-23-15-17-25-35(33)47-43)51(29-31-19-9-7-10-20-31)37(49-39)27-13-5-3-1-2-4-6-14-28-38-50-40-42(52(38)30-32-21-11-8-12-22-32)34-24-16-18-26-36(34)48-44(40)46/h7-12,15-26H,1-6,13-14,27-30H2,(H2,45,47)(H2,46,48). The zero-order valence-electron chi connectivity index (χ0n) is 29.7. The molecule has 0 amide bonds. The summed E-state index contributed by atoms with van der Waals surface area (Å²) in [6, 6.07) is 37.7. The van der Waals surface area contributed by atoms with Crippen molar-refractivity contribution >= 4 is 55.5 Å². The molecular formula is C44H46N8. The van der Waals surface area contributed by atoms with E-state index in [1.54, 1.807) is 0 Å². The van der Waals surface area contributed by atoms with Crippen LogP contribution < -0.4 is 11.5 Å². The number of unbranched alkanes of at least 4 members (excludes halogenated alkanes) is 7. The van der Waals surface area contributed by atoms with Crippen molar-refractivity contribution in [2.45, 2.75) is 77.3 Å². The monoisotopic (exact) mass is 686 g/mol. The van der Waals surface area contributed by atoms with Gasteiger partial charge in [0.25, 0.3) is 0 Å². The summed E-state index contributed by atoms with van der Waals surface area (Å²) in [6.07, 6.45) is 11.4. The predicted molar refractivity (Wildman–Crippen MR) is 214 cm³/mol. The predicted octanol–water partition coefficient (Wildman–Crippen LogP) is 9.65. The van der Waals surface area contributed by atoms with E-state index >= 15 is 0 Å². The number of pyridine rings is 2. The van der Waals surface area contributed by atoms with E-state index in [0.29, 0.717) is 11.6 Å². The SMILES string of the molecule is Nc1nc2ccccc2c2c1nc(CCCCCCCCCCc1nc3c(N)nc4ccccc4c3n1Cc1ccccc1)n2Cc1ccccc1. The number of nitrogen functional groups attached to an aromatic ring is 2. The Hall–Kier alpha value is -5.76. The number of nitrogens with zero attached hydrogens (tertiary/aromatic N) is 6. The van der Waals surface area contributed by atoms with Gasteiger partial charge in [0.15, 0.2) is 11.6 Å². The maximum absolute atomic E-state index is 6.46. The minimum Gasteiger partial charge on any atom is -0.382 e. The second kappa shape index (κ2) is 15.2. The van der Waals surface area contributed by atoms with E-state index in [1.807, 2.05) is 24.3 Å². The lowest BCUT2D eigenvalue weighted by molar-refractivity contribution is 0.556. The number of rotatable bonds is 15. The second-order valence-electron chi connectivity index (χ2n) is 14.0. The molecule has 0 saturated heterocycles. The third kappa shape index (κ3) is 6.93. The van der Waals surface area contributed by atoms with Crippen molar-refractivity contribution in [3.63, 3.8) is 0 Å². The molecule has 4 aromatic carbocycles. The fraction of sp³-hybridized carbons (Fsp3) is 0.273. The van der Waals surface area contributed by atoms with Crippen LogP contribution >= 0.6 is 0 Å². The number of para-hydroxylation sites is 2. The first-order valence-electron chi connectivity index (χ1n) is 18.8. The molecule has 0 saturated carbocycles. The summed E-state index contributed by atoms with van der Waals surface area (Å²) in [7, 11) is 0. The smallest absolute Gasteiger partial charge is 0.152 e. The van der Waals surface area contributed by atoms with E-state index in [1.165, 1.54) is 49.7 Å². The first-order valence-corrected chi connectivity index (χ1v) is 18.8. The first-order chi connectivity index (χ1) is 25.6. The van der Waals surface area contributed by atoms with Crippen LogP contribution in [-0.4, -0.2) is 29.1 Å². The van der Waals surface area contributed by atoms with Crippen LogP contribution in [-0.2, 0) is 25.9 Å². The molecule has 8 nitrogen and oxygen atoms in total. The van der Waals surface area contributed by atoms with Gasteiger partial charge in [-0.3, -0.25) is 0 Å². The van der Waals surface area contributed by atoms with Gasteiger partial charge in [-0.25, -0.2) is 19.9 Å². The topological polar surface area (TPSA) is 113 Å². The van der Waals surface area contributed by atoms with E-state index in [2.05, 4.69) is 104 Å². The van der Waals surface area contributed by atoms with Gasteiger partial charge in [0, 0.05) is 36.7 Å². The highest BCUT2D eigenvalue weighted by Gasteiger charge is 2.19. The van der Waals surface area contributed by atoms with Crippen LogP contribution in [0.1, 0.15) is 74.1 Å². The van der Waals surface area contributed by atoms with Crippen molar-refractivity contribution < 1.29 is 0 Å². The van der Waals surface area contributed by atoms with Crippen LogP contribution in [0.25, 0.3) is 43.9 Å². The summed E-state index contributed by atoms with van der Waals surface area (Å²) < 4.78 is 4.74. The van der Waals surface area contributed by atoms with Gasteiger partial charge < -0.3 is 20.6 Å². The van der Waals surface area contributed by atoms with Crippen molar-refractivity contribution in [3.05, 3.63) is 132 Å². The average molecular weight is 687 g/mol. The number of anilines is 2. The van der Waals surface area contributed by atoms with Crippen LogP contribution in [0.4, 0.5) is 11.6 Å². The van der Waals surface area contributed by atoms with Crippen LogP contribution in [0.3, 0.4) is 0 Å². The van der Waals surface area contributed by atoms with Gasteiger partial charge in [0.2, 0.25) is 0 Å². The molecule has 8 aromatic rings. The number of hydrogen-bond donors (Lipinski definition) is 2. The summed E-state index contributed by atoms with van der Waals surface area (Å²) in [6.45, 7) is 1.53. The summed E-state index contributed by atoms with van der Waals surface area (Å²) >= 11 is 0. The molecule has 0 aliphatic carbocycles. The van der Waals surface area contributed by atoms with Gasteiger partial charge in [0.05, 0.1) is 22.1 Å². The summed E-state index contributed by atoms with van der Waals surface area (Å²) in [5, 5.41) is 2.20. The molecule has 8 heteroatoms. The van der Waals surface area contributed by atoms with Crippen LogP contribution in [0, 0.1) is 0 Å². The lowest BCUT2D eigenvalue weighted by atomic mass is 10.1.